The van der Waals surface area contributed by atoms with Crippen LogP contribution in [0.2, 0.25) is 0 Å². The number of rotatable bonds is 4. The normalized spacial score (nSPS) is 19.1. The Bertz CT molecular complexity index is 572. The summed E-state index contributed by atoms with van der Waals surface area (Å²) in [5.74, 6) is 0. The van der Waals surface area contributed by atoms with E-state index < -0.39 is 0 Å². The van der Waals surface area contributed by atoms with Gasteiger partial charge in [0.25, 0.3) is 0 Å². The maximum Gasteiger partial charge on any atom is 0.0702 e. The largest absolute Gasteiger partial charge is 0.378 e. The predicted octanol–water partition coefficient (Wildman–Crippen LogP) is 3.19. The molecule has 3 heteroatoms. The zero-order chi connectivity index (χ0) is 13.3. The van der Waals surface area contributed by atoms with E-state index in [0.29, 0.717) is 0 Å². The summed E-state index contributed by atoms with van der Waals surface area (Å²) in [5, 5.41) is 1.15. The van der Waals surface area contributed by atoms with Crippen molar-refractivity contribution in [2.75, 3.05) is 7.11 Å². The molecule has 100 valence electrons. The van der Waals surface area contributed by atoms with Crippen LogP contribution in [0.5, 0.6) is 0 Å². The first kappa shape index (κ1) is 12.6. The Morgan fingerprint density at radius 3 is 2.89 bits per heavy atom. The van der Waals surface area contributed by atoms with Gasteiger partial charge in [0.1, 0.15) is 0 Å². The third kappa shape index (κ3) is 2.36. The summed E-state index contributed by atoms with van der Waals surface area (Å²) in [6, 6.07) is 10.3. The molecule has 0 aliphatic heterocycles. The second-order valence-electron chi connectivity index (χ2n) is 5.51. The van der Waals surface area contributed by atoms with Gasteiger partial charge in [0.15, 0.2) is 0 Å². The Labute approximate surface area is 113 Å². The van der Waals surface area contributed by atoms with Gasteiger partial charge in [-0.2, -0.15) is 0 Å². The molecule has 0 saturated heterocycles. The number of methoxy groups -OCH3 is 1. The zero-order valence-electron chi connectivity index (χ0n) is 11.3. The van der Waals surface area contributed by atoms with E-state index in [0.717, 1.165) is 30.2 Å². The number of fused-ring (bicyclic) bond motifs is 1. The second-order valence-corrected chi connectivity index (χ2v) is 5.51. The molecular weight excluding hydrogens is 236 g/mol. The lowest BCUT2D eigenvalue weighted by molar-refractivity contribution is -0.0816. The number of aromatic nitrogens is 1. The summed E-state index contributed by atoms with van der Waals surface area (Å²) >= 11 is 0. The minimum atomic E-state index is 0.0172. The molecule has 3 rings (SSSR count). The monoisotopic (exact) mass is 256 g/mol. The molecule has 1 unspecified atom stereocenters. The highest BCUT2D eigenvalue weighted by Crippen LogP contribution is 2.41. The quantitative estimate of drug-likeness (QED) is 0.913. The highest BCUT2D eigenvalue weighted by atomic mass is 16.5. The number of nitrogens with zero attached hydrogens (tertiary/aromatic N) is 1. The van der Waals surface area contributed by atoms with Crippen molar-refractivity contribution in [2.45, 2.75) is 37.3 Å². The minimum Gasteiger partial charge on any atom is -0.378 e. The number of hydrogen-bond acceptors (Lipinski definition) is 3. The standard InChI is InChI=1S/C16H20N2O/c1-19-16(7-3-8-16)11-14(17)12-5-6-15-13(10-12)4-2-9-18-15/h2,4-6,9-10,14H,3,7-8,11,17H2,1H3. The van der Waals surface area contributed by atoms with Crippen LogP contribution < -0.4 is 5.73 Å². The molecule has 1 heterocycles. The number of ether oxygens (including phenoxy) is 1. The third-order valence-electron chi connectivity index (χ3n) is 4.34. The van der Waals surface area contributed by atoms with Gasteiger partial charge in [-0.3, -0.25) is 4.98 Å². The van der Waals surface area contributed by atoms with Crippen molar-refractivity contribution in [2.24, 2.45) is 5.73 Å². The molecule has 3 nitrogen and oxygen atoms in total. The van der Waals surface area contributed by atoms with Crippen molar-refractivity contribution in [1.82, 2.24) is 4.98 Å². The molecule has 1 atom stereocenters. The molecule has 19 heavy (non-hydrogen) atoms. The molecule has 1 aliphatic rings. The van der Waals surface area contributed by atoms with Crippen LogP contribution in [0.4, 0.5) is 0 Å². The fraction of sp³-hybridized carbons (Fsp3) is 0.438. The lowest BCUT2D eigenvalue weighted by atomic mass is 9.75. The number of hydrogen-bond donors (Lipinski definition) is 1. The SMILES string of the molecule is COC1(CC(N)c2ccc3ncccc3c2)CCC1. The molecule has 2 N–H and O–H groups in total. The fourth-order valence-corrected chi connectivity index (χ4v) is 2.91. The molecular formula is C16H20N2O. The molecule has 0 radical (unpaired) electrons. The highest BCUT2D eigenvalue weighted by Gasteiger charge is 2.38. The average Bonchev–Trinajstić information content (AvgIpc) is 2.42. The van der Waals surface area contributed by atoms with E-state index in [-0.39, 0.29) is 11.6 Å². The summed E-state index contributed by atoms with van der Waals surface area (Å²) in [7, 11) is 1.80. The van der Waals surface area contributed by atoms with E-state index in [1.807, 2.05) is 18.3 Å². The maximum absolute atomic E-state index is 6.36. The van der Waals surface area contributed by atoms with Gasteiger partial charge in [-0.1, -0.05) is 12.1 Å². The van der Waals surface area contributed by atoms with Crippen molar-refractivity contribution < 1.29 is 4.74 Å². The lowest BCUT2D eigenvalue weighted by Crippen LogP contribution is -2.41. The minimum absolute atomic E-state index is 0.0172. The van der Waals surface area contributed by atoms with Crippen LogP contribution in [0.25, 0.3) is 10.9 Å². The summed E-state index contributed by atoms with van der Waals surface area (Å²) in [6.07, 6.45) is 6.23. The first-order chi connectivity index (χ1) is 9.22. The van der Waals surface area contributed by atoms with Gasteiger partial charge in [0, 0.05) is 24.7 Å². The van der Waals surface area contributed by atoms with Crippen LogP contribution in [-0.4, -0.2) is 17.7 Å². The molecule has 1 aromatic carbocycles. The van der Waals surface area contributed by atoms with E-state index in [1.165, 1.54) is 12.0 Å². The van der Waals surface area contributed by atoms with E-state index >= 15 is 0 Å². The maximum atomic E-state index is 6.36. The fourth-order valence-electron chi connectivity index (χ4n) is 2.91. The lowest BCUT2D eigenvalue weighted by Gasteiger charge is -2.42. The molecule has 1 saturated carbocycles. The number of pyridine rings is 1. The van der Waals surface area contributed by atoms with Crippen molar-refractivity contribution in [3.05, 3.63) is 42.1 Å². The first-order valence-electron chi connectivity index (χ1n) is 6.88. The van der Waals surface area contributed by atoms with Gasteiger partial charge in [-0.15, -0.1) is 0 Å². The van der Waals surface area contributed by atoms with Crippen molar-refractivity contribution in [3.63, 3.8) is 0 Å². The van der Waals surface area contributed by atoms with Crippen molar-refractivity contribution in [1.29, 1.82) is 0 Å². The summed E-state index contributed by atoms with van der Waals surface area (Å²) in [5.41, 5.74) is 8.56. The van der Waals surface area contributed by atoms with E-state index in [1.54, 1.807) is 7.11 Å². The molecule has 1 fully saturated rings. The zero-order valence-corrected chi connectivity index (χ0v) is 11.3. The first-order valence-corrected chi connectivity index (χ1v) is 6.88. The van der Waals surface area contributed by atoms with Gasteiger partial charge in [-0.05, 0) is 49.4 Å². The predicted molar refractivity (Wildman–Crippen MR) is 76.9 cm³/mol. The summed E-state index contributed by atoms with van der Waals surface area (Å²) in [6.45, 7) is 0. The van der Waals surface area contributed by atoms with Crippen LogP contribution in [0.15, 0.2) is 36.5 Å². The molecule has 0 spiro atoms. The van der Waals surface area contributed by atoms with E-state index in [9.17, 15) is 0 Å². The third-order valence-corrected chi connectivity index (χ3v) is 4.34. The van der Waals surface area contributed by atoms with Crippen LogP contribution >= 0.6 is 0 Å². The van der Waals surface area contributed by atoms with Gasteiger partial charge < -0.3 is 10.5 Å². The van der Waals surface area contributed by atoms with Crippen molar-refractivity contribution >= 4 is 10.9 Å². The Morgan fingerprint density at radius 2 is 2.21 bits per heavy atom. The Kier molecular flexibility index (Phi) is 3.25. The summed E-state index contributed by atoms with van der Waals surface area (Å²) < 4.78 is 5.66. The molecule has 1 aliphatic carbocycles. The Hall–Kier alpha value is -1.45. The van der Waals surface area contributed by atoms with Gasteiger partial charge in [0.05, 0.1) is 11.1 Å². The number of benzene rings is 1. The average molecular weight is 256 g/mol. The molecule has 1 aromatic heterocycles. The van der Waals surface area contributed by atoms with Crippen LogP contribution in [-0.2, 0) is 4.74 Å². The number of nitrogens with two attached hydrogens (primary N) is 1. The molecule has 0 amide bonds. The van der Waals surface area contributed by atoms with Gasteiger partial charge in [0.2, 0.25) is 0 Å². The van der Waals surface area contributed by atoms with Crippen LogP contribution in [0.3, 0.4) is 0 Å². The second kappa shape index (κ2) is 4.91. The Balaban J connectivity index is 1.83. The highest BCUT2D eigenvalue weighted by molar-refractivity contribution is 5.79. The van der Waals surface area contributed by atoms with Crippen LogP contribution in [0.1, 0.15) is 37.3 Å². The van der Waals surface area contributed by atoms with Crippen LogP contribution in [0, 0.1) is 0 Å². The van der Waals surface area contributed by atoms with E-state index in [4.69, 9.17) is 10.5 Å². The van der Waals surface area contributed by atoms with Crippen molar-refractivity contribution in [3.8, 4) is 0 Å². The Morgan fingerprint density at radius 1 is 1.37 bits per heavy atom. The molecule has 0 bridgehead atoms. The topological polar surface area (TPSA) is 48.1 Å². The molecule has 2 aromatic rings. The van der Waals surface area contributed by atoms with Gasteiger partial charge in [-0.25, -0.2) is 0 Å². The summed E-state index contributed by atoms with van der Waals surface area (Å²) in [4.78, 5) is 4.33. The van der Waals surface area contributed by atoms with Gasteiger partial charge >= 0.3 is 0 Å². The van der Waals surface area contributed by atoms with E-state index in [2.05, 4.69) is 23.2 Å². The smallest absolute Gasteiger partial charge is 0.0702 e.